The Morgan fingerprint density at radius 2 is 0.862 bits per heavy atom. The van der Waals surface area contributed by atoms with Crippen LogP contribution in [-0.2, 0) is 33.3 Å². The summed E-state index contributed by atoms with van der Waals surface area (Å²) < 4.78 is 21.8. The molecule has 0 spiro atoms. The van der Waals surface area contributed by atoms with Crippen LogP contribution in [0.5, 0.6) is 0 Å². The minimum absolute atomic E-state index is 0.166. The average molecular weight is 919 g/mol. The quantitative estimate of drug-likeness (QED) is 0.0261. The Hall–Kier alpha value is -2.83. The van der Waals surface area contributed by atoms with Crippen LogP contribution < -0.4 is 0 Å². The molecule has 0 aromatic rings. The Balaban J connectivity index is 2.28. The summed E-state index contributed by atoms with van der Waals surface area (Å²) in [6.07, 6.45) is 44.4. The molecular weight excluding hydrogens is 825 g/mol. The number of hydrogen-bond acceptors (Lipinski definition) is 10. The molecule has 65 heavy (non-hydrogen) atoms. The van der Waals surface area contributed by atoms with E-state index in [0.717, 1.165) is 70.6 Å². The number of aliphatic carboxylic acids is 1. The molecule has 0 saturated carbocycles. The van der Waals surface area contributed by atoms with Gasteiger partial charge in [0.25, 0.3) is 0 Å². The van der Waals surface area contributed by atoms with Gasteiger partial charge in [-0.25, -0.2) is 4.79 Å². The van der Waals surface area contributed by atoms with Gasteiger partial charge in [0, 0.05) is 12.8 Å². The number of hydrogen-bond donors (Lipinski definition) is 4. The molecule has 1 fully saturated rings. The predicted molar refractivity (Wildman–Crippen MR) is 261 cm³/mol. The van der Waals surface area contributed by atoms with E-state index in [1.54, 1.807) is 0 Å². The zero-order valence-electron chi connectivity index (χ0n) is 41.0. The van der Waals surface area contributed by atoms with E-state index in [1.807, 2.05) is 0 Å². The molecule has 0 aromatic heterocycles. The number of aliphatic hydroxyl groups excluding tert-OH is 3. The lowest BCUT2D eigenvalue weighted by Crippen LogP contribution is -2.60. The third-order valence-electron chi connectivity index (χ3n) is 11.9. The van der Waals surface area contributed by atoms with Gasteiger partial charge in [-0.2, -0.15) is 0 Å². The van der Waals surface area contributed by atoms with Crippen molar-refractivity contribution in [3.05, 3.63) is 48.6 Å². The molecule has 4 N–H and O–H groups in total. The van der Waals surface area contributed by atoms with Crippen LogP contribution in [0.1, 0.15) is 226 Å². The predicted octanol–water partition coefficient (Wildman–Crippen LogP) is 12.5. The van der Waals surface area contributed by atoms with Gasteiger partial charge in [-0.1, -0.05) is 184 Å². The standard InChI is InChI=1S/C54H94O11/c1-3-5-7-9-11-13-15-17-19-21-22-23-24-25-26-27-29-30-32-34-36-38-40-42-47(55)62-44-46(45-63-54-51(59)49(57)50(58)52(65-54)53(60)61)64-48(56)43-41-39-37-35-33-31-28-20-18-16-14-12-10-8-6-4-2/h14-17,20-22,28,46,49-52,54,57-59H,3-13,18-19,23-27,29-45H2,1-2H3,(H,60,61)/b16-14-,17-15-,22-21-,28-20-. The number of ether oxygens (including phenoxy) is 4. The largest absolute Gasteiger partial charge is 0.479 e. The van der Waals surface area contributed by atoms with Gasteiger partial charge in [0.1, 0.15) is 24.9 Å². The zero-order chi connectivity index (χ0) is 47.4. The maximum Gasteiger partial charge on any atom is 0.335 e. The number of carboxylic acid groups (broad SMARTS) is 1. The number of unbranched alkanes of at least 4 members (excludes halogenated alkanes) is 25. The van der Waals surface area contributed by atoms with Crippen LogP contribution in [0.25, 0.3) is 0 Å². The normalized spacial score (nSPS) is 19.6. The van der Waals surface area contributed by atoms with Crippen molar-refractivity contribution in [1.82, 2.24) is 0 Å². The summed E-state index contributed by atoms with van der Waals surface area (Å²) in [7, 11) is 0. The van der Waals surface area contributed by atoms with Crippen molar-refractivity contribution in [2.24, 2.45) is 0 Å². The molecule has 1 aliphatic heterocycles. The number of esters is 2. The molecule has 1 aliphatic rings. The summed E-state index contributed by atoms with van der Waals surface area (Å²) >= 11 is 0. The van der Waals surface area contributed by atoms with Gasteiger partial charge in [0.2, 0.25) is 0 Å². The smallest absolute Gasteiger partial charge is 0.335 e. The molecule has 0 amide bonds. The second-order valence-electron chi connectivity index (χ2n) is 18.0. The minimum Gasteiger partial charge on any atom is -0.479 e. The molecule has 6 atom stereocenters. The van der Waals surface area contributed by atoms with E-state index in [1.165, 1.54) is 116 Å². The highest BCUT2D eigenvalue weighted by atomic mass is 16.7. The van der Waals surface area contributed by atoms with Crippen LogP contribution in [0.2, 0.25) is 0 Å². The van der Waals surface area contributed by atoms with Gasteiger partial charge in [-0.15, -0.1) is 0 Å². The maximum absolute atomic E-state index is 12.8. The van der Waals surface area contributed by atoms with Crippen molar-refractivity contribution in [1.29, 1.82) is 0 Å². The lowest BCUT2D eigenvalue weighted by atomic mass is 9.99. The SMILES string of the molecule is CCCCCC/C=C\C/C=C\CCCCCCCC(=O)OC(COC(=O)CCCCCCCCCCCCC/C=C\C/C=C\CCCCCCC)COC1OC(C(=O)O)C(O)C(O)C1O. The molecule has 0 aliphatic carbocycles. The highest BCUT2D eigenvalue weighted by Gasteiger charge is 2.47. The molecule has 1 heterocycles. The van der Waals surface area contributed by atoms with Crippen molar-refractivity contribution in [3.8, 4) is 0 Å². The minimum atomic E-state index is -1.86. The van der Waals surface area contributed by atoms with E-state index in [4.69, 9.17) is 18.9 Å². The Morgan fingerprint density at radius 3 is 1.29 bits per heavy atom. The molecule has 0 aromatic carbocycles. The fourth-order valence-electron chi connectivity index (χ4n) is 7.76. The third kappa shape index (κ3) is 35.0. The number of carbonyl (C=O) groups excluding carboxylic acids is 2. The zero-order valence-corrected chi connectivity index (χ0v) is 41.0. The maximum atomic E-state index is 12.8. The van der Waals surface area contributed by atoms with E-state index in [9.17, 15) is 34.8 Å². The summed E-state index contributed by atoms with van der Waals surface area (Å²) in [6.45, 7) is 3.79. The fraction of sp³-hybridized carbons (Fsp3) is 0.796. The molecule has 376 valence electrons. The number of carboxylic acids is 1. The summed E-state index contributed by atoms with van der Waals surface area (Å²) in [6, 6.07) is 0. The van der Waals surface area contributed by atoms with Crippen molar-refractivity contribution in [2.45, 2.75) is 263 Å². The summed E-state index contributed by atoms with van der Waals surface area (Å²) in [5.41, 5.74) is 0. The summed E-state index contributed by atoms with van der Waals surface area (Å²) in [5.74, 6) is -2.46. The number of aliphatic hydroxyl groups is 3. The molecule has 1 saturated heterocycles. The van der Waals surface area contributed by atoms with E-state index < -0.39 is 61.3 Å². The first-order valence-corrected chi connectivity index (χ1v) is 26.2. The molecule has 0 bridgehead atoms. The van der Waals surface area contributed by atoms with Gasteiger partial charge in [0.15, 0.2) is 18.5 Å². The molecule has 11 heteroatoms. The highest BCUT2D eigenvalue weighted by Crippen LogP contribution is 2.23. The van der Waals surface area contributed by atoms with E-state index >= 15 is 0 Å². The van der Waals surface area contributed by atoms with Gasteiger partial charge < -0.3 is 39.4 Å². The summed E-state index contributed by atoms with van der Waals surface area (Å²) in [5, 5.41) is 39.9. The van der Waals surface area contributed by atoms with Crippen LogP contribution >= 0.6 is 0 Å². The lowest BCUT2D eigenvalue weighted by Gasteiger charge is -2.38. The van der Waals surface area contributed by atoms with Crippen molar-refractivity contribution < 1.29 is 53.8 Å². The Morgan fingerprint density at radius 1 is 0.477 bits per heavy atom. The average Bonchev–Trinajstić information content (AvgIpc) is 3.29. The van der Waals surface area contributed by atoms with E-state index in [2.05, 4.69) is 62.5 Å². The van der Waals surface area contributed by atoms with Crippen molar-refractivity contribution >= 4 is 17.9 Å². The third-order valence-corrected chi connectivity index (χ3v) is 11.9. The molecule has 0 radical (unpaired) electrons. The van der Waals surface area contributed by atoms with Crippen LogP contribution in [0, 0.1) is 0 Å². The molecule has 6 unspecified atom stereocenters. The monoisotopic (exact) mass is 919 g/mol. The second kappa shape index (κ2) is 43.7. The lowest BCUT2D eigenvalue weighted by molar-refractivity contribution is -0.298. The first kappa shape index (κ1) is 60.2. The Kier molecular flexibility index (Phi) is 40.5. The van der Waals surface area contributed by atoms with Gasteiger partial charge >= 0.3 is 17.9 Å². The van der Waals surface area contributed by atoms with Gasteiger partial charge in [-0.05, 0) is 77.0 Å². The topological polar surface area (TPSA) is 169 Å². The van der Waals surface area contributed by atoms with E-state index in [-0.39, 0.29) is 19.4 Å². The molecule has 1 rings (SSSR count). The van der Waals surface area contributed by atoms with Crippen LogP contribution in [0.3, 0.4) is 0 Å². The number of carbonyl (C=O) groups is 3. The Bertz CT molecular complexity index is 1260. The first-order valence-electron chi connectivity index (χ1n) is 26.2. The van der Waals surface area contributed by atoms with E-state index in [0.29, 0.717) is 12.8 Å². The fourth-order valence-corrected chi connectivity index (χ4v) is 7.76. The summed E-state index contributed by atoms with van der Waals surface area (Å²) in [4.78, 5) is 37.0. The molecular formula is C54H94O11. The number of allylic oxidation sites excluding steroid dienone is 8. The van der Waals surface area contributed by atoms with Gasteiger partial charge in [0.05, 0.1) is 6.61 Å². The number of rotatable bonds is 44. The second-order valence-corrected chi connectivity index (χ2v) is 18.0. The van der Waals surface area contributed by atoms with Crippen molar-refractivity contribution in [3.63, 3.8) is 0 Å². The molecule has 11 nitrogen and oxygen atoms in total. The van der Waals surface area contributed by atoms with Crippen molar-refractivity contribution in [2.75, 3.05) is 13.2 Å². The van der Waals surface area contributed by atoms with Gasteiger partial charge in [-0.3, -0.25) is 9.59 Å². The Labute approximate surface area is 394 Å². The first-order chi connectivity index (χ1) is 31.7. The van der Waals surface area contributed by atoms with Crippen LogP contribution in [0.4, 0.5) is 0 Å². The highest BCUT2D eigenvalue weighted by molar-refractivity contribution is 5.73. The van der Waals surface area contributed by atoms with Crippen LogP contribution in [-0.4, -0.2) is 88.4 Å². The van der Waals surface area contributed by atoms with Crippen LogP contribution in [0.15, 0.2) is 48.6 Å².